The fourth-order valence-electron chi connectivity index (χ4n) is 1.83. The van der Waals surface area contributed by atoms with Gasteiger partial charge in [-0.25, -0.2) is 0 Å². The van der Waals surface area contributed by atoms with Gasteiger partial charge in [-0.3, -0.25) is 10.1 Å². The number of rotatable bonds is 3. The van der Waals surface area contributed by atoms with E-state index in [2.05, 4.69) is 10.6 Å². The van der Waals surface area contributed by atoms with Gasteiger partial charge in [-0.15, -0.1) is 0 Å². The van der Waals surface area contributed by atoms with E-state index < -0.39 is 4.92 Å². The summed E-state index contributed by atoms with van der Waals surface area (Å²) in [7, 11) is 0. The van der Waals surface area contributed by atoms with Gasteiger partial charge in [0, 0.05) is 11.1 Å². The molecule has 8 heteroatoms. The van der Waals surface area contributed by atoms with Gasteiger partial charge in [-0.05, 0) is 43.4 Å². The molecular weight excluding hydrogens is 345 g/mol. The van der Waals surface area contributed by atoms with Crippen LogP contribution >= 0.6 is 35.4 Å². The molecule has 0 aliphatic carbocycles. The first-order valence-electron chi connectivity index (χ1n) is 6.15. The largest absolute Gasteiger partial charge is 0.332 e. The van der Waals surface area contributed by atoms with Gasteiger partial charge in [0.25, 0.3) is 5.69 Å². The third kappa shape index (κ3) is 3.85. The summed E-state index contributed by atoms with van der Waals surface area (Å²) < 4.78 is 0. The van der Waals surface area contributed by atoms with Crippen molar-refractivity contribution in [2.45, 2.75) is 6.92 Å². The van der Waals surface area contributed by atoms with Gasteiger partial charge >= 0.3 is 0 Å². The highest BCUT2D eigenvalue weighted by atomic mass is 35.5. The predicted octanol–water partition coefficient (Wildman–Crippen LogP) is 5.02. The number of thiocarbonyl (C=S) groups is 1. The van der Waals surface area contributed by atoms with Crippen LogP contribution in [0, 0.1) is 17.0 Å². The first kappa shape index (κ1) is 16.5. The molecular formula is C14H11Cl2N3O2S. The highest BCUT2D eigenvalue weighted by molar-refractivity contribution is 7.80. The van der Waals surface area contributed by atoms with Crippen molar-refractivity contribution in [2.75, 3.05) is 10.6 Å². The standard InChI is InChI=1S/C14H11Cl2N3O2S/c1-8-11(3-2-4-13(8)19(20)21)17-14(22)18-12-7-9(15)5-6-10(12)16/h2-7H,1H3,(H2,17,18,22). The number of nitrogens with zero attached hydrogens (tertiary/aromatic N) is 1. The lowest BCUT2D eigenvalue weighted by Gasteiger charge is -2.13. The lowest BCUT2D eigenvalue weighted by Crippen LogP contribution is -2.20. The number of anilines is 2. The van der Waals surface area contributed by atoms with Crippen molar-refractivity contribution in [3.05, 3.63) is 62.1 Å². The summed E-state index contributed by atoms with van der Waals surface area (Å²) in [5.41, 5.74) is 1.61. The molecule has 0 bridgehead atoms. The molecule has 0 unspecified atom stereocenters. The predicted molar refractivity (Wildman–Crippen MR) is 94.1 cm³/mol. The van der Waals surface area contributed by atoms with Crippen LogP contribution in [0.5, 0.6) is 0 Å². The van der Waals surface area contributed by atoms with Gasteiger partial charge in [0.05, 0.1) is 26.9 Å². The molecule has 0 heterocycles. The second-order valence-electron chi connectivity index (χ2n) is 4.41. The molecule has 2 rings (SSSR count). The number of nitro groups is 1. The normalized spacial score (nSPS) is 10.1. The van der Waals surface area contributed by atoms with E-state index >= 15 is 0 Å². The summed E-state index contributed by atoms with van der Waals surface area (Å²) in [6.07, 6.45) is 0. The minimum atomic E-state index is -0.440. The topological polar surface area (TPSA) is 67.2 Å². The zero-order valence-corrected chi connectivity index (χ0v) is 13.7. The second-order valence-corrected chi connectivity index (χ2v) is 5.66. The highest BCUT2D eigenvalue weighted by Gasteiger charge is 2.14. The van der Waals surface area contributed by atoms with E-state index in [0.29, 0.717) is 27.0 Å². The van der Waals surface area contributed by atoms with Gasteiger partial charge < -0.3 is 10.6 Å². The number of hydrogen-bond donors (Lipinski definition) is 2. The Labute approximate surface area is 142 Å². The van der Waals surface area contributed by atoms with Gasteiger partial charge in [-0.2, -0.15) is 0 Å². The Balaban J connectivity index is 2.18. The Morgan fingerprint density at radius 2 is 1.86 bits per heavy atom. The van der Waals surface area contributed by atoms with Crippen molar-refractivity contribution in [3.8, 4) is 0 Å². The van der Waals surface area contributed by atoms with Crippen molar-refractivity contribution in [1.82, 2.24) is 0 Å². The van der Waals surface area contributed by atoms with Crippen LogP contribution in [0.15, 0.2) is 36.4 Å². The lowest BCUT2D eigenvalue weighted by atomic mass is 10.1. The average Bonchev–Trinajstić information content (AvgIpc) is 2.45. The Kier molecular flexibility index (Phi) is 5.18. The molecule has 0 aliphatic heterocycles. The highest BCUT2D eigenvalue weighted by Crippen LogP contribution is 2.27. The van der Waals surface area contributed by atoms with Crippen molar-refractivity contribution < 1.29 is 4.92 Å². The summed E-state index contributed by atoms with van der Waals surface area (Å²) in [5, 5.41) is 18.0. The summed E-state index contributed by atoms with van der Waals surface area (Å²) in [4.78, 5) is 10.5. The maximum Gasteiger partial charge on any atom is 0.274 e. The maximum absolute atomic E-state index is 10.9. The van der Waals surface area contributed by atoms with Crippen molar-refractivity contribution >= 4 is 57.6 Å². The minimum absolute atomic E-state index is 0.0218. The van der Waals surface area contributed by atoms with Crippen LogP contribution in [-0.2, 0) is 0 Å². The third-order valence-corrected chi connectivity index (χ3v) is 3.70. The summed E-state index contributed by atoms with van der Waals surface area (Å²) >= 11 is 17.1. The Morgan fingerprint density at radius 1 is 1.18 bits per heavy atom. The van der Waals surface area contributed by atoms with E-state index in [0.717, 1.165) is 0 Å². The Hall–Kier alpha value is -1.89. The van der Waals surface area contributed by atoms with Gasteiger partial charge in [-0.1, -0.05) is 29.3 Å². The summed E-state index contributed by atoms with van der Waals surface area (Å²) in [6.45, 7) is 1.65. The SMILES string of the molecule is Cc1c(NC(=S)Nc2cc(Cl)ccc2Cl)cccc1[N+](=O)[O-]. The van der Waals surface area contributed by atoms with E-state index in [1.54, 1.807) is 37.3 Å². The zero-order valence-electron chi connectivity index (χ0n) is 11.4. The van der Waals surface area contributed by atoms with E-state index in [-0.39, 0.29) is 10.8 Å². The van der Waals surface area contributed by atoms with Gasteiger partial charge in [0.1, 0.15) is 0 Å². The smallest absolute Gasteiger partial charge is 0.274 e. The second kappa shape index (κ2) is 6.91. The number of benzene rings is 2. The van der Waals surface area contributed by atoms with Crippen molar-refractivity contribution in [1.29, 1.82) is 0 Å². The molecule has 0 radical (unpaired) electrons. The van der Waals surface area contributed by atoms with Gasteiger partial charge in [0.15, 0.2) is 5.11 Å². The molecule has 0 aromatic heterocycles. The Morgan fingerprint density at radius 3 is 2.55 bits per heavy atom. The first-order chi connectivity index (χ1) is 10.4. The van der Waals surface area contributed by atoms with E-state index in [1.807, 2.05) is 0 Å². The zero-order chi connectivity index (χ0) is 16.3. The van der Waals surface area contributed by atoms with Crippen LogP contribution in [-0.4, -0.2) is 10.0 Å². The quantitative estimate of drug-likeness (QED) is 0.459. The molecule has 0 atom stereocenters. The van der Waals surface area contributed by atoms with Crippen molar-refractivity contribution in [3.63, 3.8) is 0 Å². The molecule has 2 aromatic carbocycles. The molecule has 2 N–H and O–H groups in total. The maximum atomic E-state index is 10.9. The van der Waals surface area contributed by atoms with E-state index in [1.165, 1.54) is 6.07 Å². The van der Waals surface area contributed by atoms with E-state index in [4.69, 9.17) is 35.4 Å². The molecule has 0 saturated heterocycles. The molecule has 0 fully saturated rings. The summed E-state index contributed by atoms with van der Waals surface area (Å²) in [5.74, 6) is 0. The molecule has 0 aliphatic rings. The van der Waals surface area contributed by atoms with Crippen LogP contribution in [0.2, 0.25) is 10.0 Å². The fraction of sp³-hybridized carbons (Fsp3) is 0.0714. The van der Waals surface area contributed by atoms with Gasteiger partial charge in [0.2, 0.25) is 0 Å². The van der Waals surface area contributed by atoms with Crippen LogP contribution < -0.4 is 10.6 Å². The number of halogens is 2. The molecule has 2 aromatic rings. The van der Waals surface area contributed by atoms with Crippen LogP contribution in [0.4, 0.5) is 17.1 Å². The number of hydrogen-bond acceptors (Lipinski definition) is 3. The summed E-state index contributed by atoms with van der Waals surface area (Å²) in [6, 6.07) is 9.67. The molecule has 0 amide bonds. The molecule has 114 valence electrons. The third-order valence-electron chi connectivity index (χ3n) is 2.93. The minimum Gasteiger partial charge on any atom is -0.332 e. The number of nitrogens with one attached hydrogen (secondary N) is 2. The fourth-order valence-corrected chi connectivity index (χ4v) is 2.38. The van der Waals surface area contributed by atoms with Crippen LogP contribution in [0.1, 0.15) is 5.56 Å². The van der Waals surface area contributed by atoms with Crippen LogP contribution in [0.3, 0.4) is 0 Å². The first-order valence-corrected chi connectivity index (χ1v) is 7.32. The monoisotopic (exact) mass is 355 g/mol. The molecule has 0 spiro atoms. The Bertz CT molecular complexity index is 753. The van der Waals surface area contributed by atoms with Crippen LogP contribution in [0.25, 0.3) is 0 Å². The lowest BCUT2D eigenvalue weighted by molar-refractivity contribution is -0.385. The average molecular weight is 356 g/mol. The molecule has 22 heavy (non-hydrogen) atoms. The molecule has 5 nitrogen and oxygen atoms in total. The number of nitro benzene ring substituents is 1. The van der Waals surface area contributed by atoms with E-state index in [9.17, 15) is 10.1 Å². The van der Waals surface area contributed by atoms with Crippen molar-refractivity contribution in [2.24, 2.45) is 0 Å². The molecule has 0 saturated carbocycles.